The van der Waals surface area contributed by atoms with Gasteiger partial charge in [0.2, 0.25) is 5.91 Å². The predicted molar refractivity (Wildman–Crippen MR) is 61.7 cm³/mol. The molecule has 1 N–H and O–H groups in total. The fraction of sp³-hybridized carbons (Fsp3) is 0.417. The largest absolute Gasteiger partial charge is 0.355 e. The Morgan fingerprint density at radius 2 is 2.06 bits per heavy atom. The van der Waals surface area contributed by atoms with E-state index in [1.165, 1.54) is 6.07 Å². The molecule has 1 rings (SSSR count). The van der Waals surface area contributed by atoms with Crippen LogP contribution in [0.3, 0.4) is 0 Å². The lowest BCUT2D eigenvalue weighted by molar-refractivity contribution is -0.120. The molecule has 0 aliphatic carbocycles. The highest BCUT2D eigenvalue weighted by molar-refractivity contribution is 5.78. The van der Waals surface area contributed by atoms with Crippen LogP contribution in [0.15, 0.2) is 24.3 Å². The zero-order valence-electron chi connectivity index (χ0n) is 9.66. The van der Waals surface area contributed by atoms with E-state index in [0.717, 1.165) is 6.54 Å². The first-order chi connectivity index (χ1) is 7.59. The van der Waals surface area contributed by atoms with Crippen LogP contribution in [0.1, 0.15) is 5.56 Å². The summed E-state index contributed by atoms with van der Waals surface area (Å²) < 4.78 is 13.2. The molecule has 1 amide bonds. The second kappa shape index (κ2) is 6.23. The third kappa shape index (κ3) is 4.40. The number of nitrogens with zero attached hydrogens (tertiary/aromatic N) is 1. The molecule has 0 saturated carbocycles. The molecule has 3 nitrogen and oxygen atoms in total. The van der Waals surface area contributed by atoms with Crippen molar-refractivity contribution in [1.82, 2.24) is 10.2 Å². The van der Waals surface area contributed by atoms with Gasteiger partial charge in [-0.2, -0.15) is 0 Å². The van der Waals surface area contributed by atoms with Crippen molar-refractivity contribution in [3.8, 4) is 0 Å². The summed E-state index contributed by atoms with van der Waals surface area (Å²) >= 11 is 0. The lowest BCUT2D eigenvalue weighted by Gasteiger charge is -2.10. The van der Waals surface area contributed by atoms with Gasteiger partial charge in [-0.15, -0.1) is 0 Å². The van der Waals surface area contributed by atoms with Gasteiger partial charge in [0.05, 0.1) is 6.42 Å². The predicted octanol–water partition coefficient (Wildman–Crippen LogP) is 1.05. The summed E-state index contributed by atoms with van der Waals surface area (Å²) in [4.78, 5) is 13.4. The number of carbonyl (C=O) groups excluding carboxylic acids is 1. The molecular formula is C12H17FN2O. The Hall–Kier alpha value is -1.42. The molecule has 0 saturated heterocycles. The van der Waals surface area contributed by atoms with Gasteiger partial charge < -0.3 is 10.2 Å². The van der Waals surface area contributed by atoms with Crippen LogP contribution in [0.25, 0.3) is 0 Å². The van der Waals surface area contributed by atoms with Gasteiger partial charge in [-0.1, -0.05) is 18.2 Å². The summed E-state index contributed by atoms with van der Waals surface area (Å²) in [5.41, 5.74) is 0.435. The number of rotatable bonds is 5. The van der Waals surface area contributed by atoms with Crippen molar-refractivity contribution in [2.75, 3.05) is 27.2 Å². The smallest absolute Gasteiger partial charge is 0.224 e. The molecule has 0 spiro atoms. The number of likely N-dealkylation sites (N-methyl/N-ethyl adjacent to an activating group) is 1. The summed E-state index contributed by atoms with van der Waals surface area (Å²) in [5, 5.41) is 2.74. The molecule has 0 unspecified atom stereocenters. The minimum atomic E-state index is -0.328. The lowest BCUT2D eigenvalue weighted by Crippen LogP contribution is -2.32. The highest BCUT2D eigenvalue weighted by Gasteiger charge is 2.06. The molecule has 0 radical (unpaired) electrons. The molecular weight excluding hydrogens is 207 g/mol. The molecule has 1 aromatic carbocycles. The Morgan fingerprint density at radius 1 is 1.38 bits per heavy atom. The molecule has 0 bridgehead atoms. The van der Waals surface area contributed by atoms with Crippen LogP contribution >= 0.6 is 0 Å². The normalized spacial score (nSPS) is 10.5. The van der Waals surface area contributed by atoms with Crippen molar-refractivity contribution in [2.24, 2.45) is 0 Å². The Labute approximate surface area is 95.3 Å². The van der Waals surface area contributed by atoms with Gasteiger partial charge in [0, 0.05) is 13.1 Å². The summed E-state index contributed by atoms with van der Waals surface area (Å²) in [6, 6.07) is 6.33. The van der Waals surface area contributed by atoms with Crippen LogP contribution in [0, 0.1) is 5.82 Å². The SMILES string of the molecule is CN(C)CCNC(=O)Cc1ccccc1F. The van der Waals surface area contributed by atoms with Crippen molar-refractivity contribution < 1.29 is 9.18 Å². The third-order valence-electron chi connectivity index (χ3n) is 2.19. The van der Waals surface area contributed by atoms with Crippen LogP contribution in [0.4, 0.5) is 4.39 Å². The molecule has 16 heavy (non-hydrogen) atoms. The van der Waals surface area contributed by atoms with Crippen LogP contribution < -0.4 is 5.32 Å². The number of amides is 1. The van der Waals surface area contributed by atoms with E-state index in [1.807, 2.05) is 19.0 Å². The van der Waals surface area contributed by atoms with Crippen LogP contribution in [0.2, 0.25) is 0 Å². The summed E-state index contributed by atoms with van der Waals surface area (Å²) in [6.07, 6.45) is 0.0973. The summed E-state index contributed by atoms with van der Waals surface area (Å²) in [6.45, 7) is 1.36. The number of hydrogen-bond acceptors (Lipinski definition) is 2. The minimum absolute atomic E-state index is 0.0973. The van der Waals surface area contributed by atoms with Gasteiger partial charge in [-0.05, 0) is 25.7 Å². The van der Waals surface area contributed by atoms with Crippen LogP contribution in [0.5, 0.6) is 0 Å². The van der Waals surface area contributed by atoms with Crippen LogP contribution in [-0.4, -0.2) is 38.0 Å². The first kappa shape index (κ1) is 12.6. The third-order valence-corrected chi connectivity index (χ3v) is 2.19. The van der Waals surface area contributed by atoms with Gasteiger partial charge in [0.1, 0.15) is 5.82 Å². The number of carbonyl (C=O) groups is 1. The van der Waals surface area contributed by atoms with Gasteiger partial charge >= 0.3 is 0 Å². The van der Waals surface area contributed by atoms with Crippen molar-refractivity contribution in [2.45, 2.75) is 6.42 Å². The maximum Gasteiger partial charge on any atom is 0.224 e. The fourth-order valence-corrected chi connectivity index (χ4v) is 1.30. The molecule has 1 aromatic rings. The second-order valence-corrected chi connectivity index (χ2v) is 3.92. The van der Waals surface area contributed by atoms with E-state index in [1.54, 1.807) is 18.2 Å². The Balaban J connectivity index is 2.37. The summed E-state index contributed by atoms with van der Waals surface area (Å²) in [7, 11) is 3.87. The zero-order valence-corrected chi connectivity index (χ0v) is 9.66. The molecule has 0 heterocycles. The standard InChI is InChI=1S/C12H17FN2O/c1-15(2)8-7-14-12(16)9-10-5-3-4-6-11(10)13/h3-6H,7-9H2,1-2H3,(H,14,16). The molecule has 88 valence electrons. The molecule has 0 fully saturated rings. The topological polar surface area (TPSA) is 32.3 Å². The number of halogens is 1. The maximum atomic E-state index is 13.2. The molecule has 0 atom stereocenters. The van der Waals surface area contributed by atoms with Gasteiger partial charge in [0.25, 0.3) is 0 Å². The van der Waals surface area contributed by atoms with Crippen LogP contribution in [-0.2, 0) is 11.2 Å². The lowest BCUT2D eigenvalue weighted by atomic mass is 10.1. The first-order valence-corrected chi connectivity index (χ1v) is 5.24. The zero-order chi connectivity index (χ0) is 12.0. The first-order valence-electron chi connectivity index (χ1n) is 5.24. The Morgan fingerprint density at radius 3 is 2.69 bits per heavy atom. The molecule has 0 aromatic heterocycles. The van der Waals surface area contributed by atoms with E-state index in [9.17, 15) is 9.18 Å². The van der Waals surface area contributed by atoms with E-state index >= 15 is 0 Å². The average molecular weight is 224 g/mol. The molecule has 0 aliphatic rings. The monoisotopic (exact) mass is 224 g/mol. The second-order valence-electron chi connectivity index (χ2n) is 3.92. The van der Waals surface area contributed by atoms with Gasteiger partial charge in [0.15, 0.2) is 0 Å². The minimum Gasteiger partial charge on any atom is -0.355 e. The van der Waals surface area contributed by atoms with Crippen molar-refractivity contribution in [1.29, 1.82) is 0 Å². The fourth-order valence-electron chi connectivity index (χ4n) is 1.30. The Bertz CT molecular complexity index is 353. The Kier molecular flexibility index (Phi) is 4.92. The highest BCUT2D eigenvalue weighted by atomic mass is 19.1. The molecule has 4 heteroatoms. The van der Waals surface area contributed by atoms with E-state index < -0.39 is 0 Å². The quantitative estimate of drug-likeness (QED) is 0.810. The summed E-state index contributed by atoms with van der Waals surface area (Å²) in [5.74, 6) is -0.475. The number of benzene rings is 1. The van der Waals surface area contributed by atoms with Gasteiger partial charge in [-0.3, -0.25) is 4.79 Å². The van der Waals surface area contributed by atoms with Crippen molar-refractivity contribution in [3.05, 3.63) is 35.6 Å². The average Bonchev–Trinajstić information content (AvgIpc) is 2.21. The van der Waals surface area contributed by atoms with Crippen molar-refractivity contribution >= 4 is 5.91 Å². The number of nitrogens with one attached hydrogen (secondary N) is 1. The van der Waals surface area contributed by atoms with Gasteiger partial charge in [-0.25, -0.2) is 4.39 Å². The molecule has 0 aliphatic heterocycles. The van der Waals surface area contributed by atoms with E-state index in [0.29, 0.717) is 12.1 Å². The van der Waals surface area contributed by atoms with E-state index in [-0.39, 0.29) is 18.1 Å². The number of hydrogen-bond donors (Lipinski definition) is 1. The van der Waals surface area contributed by atoms with Crippen molar-refractivity contribution in [3.63, 3.8) is 0 Å². The highest BCUT2D eigenvalue weighted by Crippen LogP contribution is 2.06. The maximum absolute atomic E-state index is 13.2. The van der Waals surface area contributed by atoms with E-state index in [4.69, 9.17) is 0 Å². The van der Waals surface area contributed by atoms with E-state index in [2.05, 4.69) is 5.32 Å².